The topological polar surface area (TPSA) is 84.6 Å². The third-order valence-corrected chi connectivity index (χ3v) is 6.37. The van der Waals surface area contributed by atoms with Gasteiger partial charge >= 0.3 is 5.69 Å². The van der Waals surface area contributed by atoms with Gasteiger partial charge in [-0.2, -0.15) is 5.10 Å². The van der Waals surface area contributed by atoms with Gasteiger partial charge < -0.3 is 9.88 Å². The van der Waals surface area contributed by atoms with Crippen molar-refractivity contribution in [3.05, 3.63) is 88.7 Å². The molecule has 3 heterocycles. The number of hydrogen-bond acceptors (Lipinski definition) is 5. The molecule has 36 heavy (non-hydrogen) atoms. The molecule has 0 aliphatic heterocycles. The third kappa shape index (κ3) is 4.85. The Hall–Kier alpha value is -4.04. The van der Waals surface area contributed by atoms with Gasteiger partial charge in [0.25, 0.3) is 0 Å². The summed E-state index contributed by atoms with van der Waals surface area (Å²) in [7, 11) is 4.11. The van der Waals surface area contributed by atoms with Crippen LogP contribution in [0.25, 0.3) is 33.7 Å². The molecule has 0 saturated heterocycles. The zero-order valence-electron chi connectivity index (χ0n) is 21.1. The van der Waals surface area contributed by atoms with Crippen LogP contribution in [0.3, 0.4) is 0 Å². The number of rotatable bonds is 8. The quantitative estimate of drug-likeness (QED) is 0.355. The van der Waals surface area contributed by atoms with Crippen LogP contribution in [-0.2, 0) is 13.1 Å². The Morgan fingerprint density at radius 3 is 2.53 bits per heavy atom. The SMILES string of the molecule is CC(C)c1ccccc1-c1ncc2[nH]c(=O)n(Cc3ccc(-c4cnn(CCN(C)C)c4)cc3)c2n1. The number of fused-ring (bicyclic) bond motifs is 1. The van der Waals surface area contributed by atoms with Crippen LogP contribution in [0.1, 0.15) is 30.9 Å². The number of imidazole rings is 1. The van der Waals surface area contributed by atoms with E-state index in [1.807, 2.05) is 41.2 Å². The van der Waals surface area contributed by atoms with Crippen molar-refractivity contribution in [3.8, 4) is 22.5 Å². The minimum absolute atomic E-state index is 0.195. The van der Waals surface area contributed by atoms with E-state index < -0.39 is 0 Å². The first-order valence-electron chi connectivity index (χ1n) is 12.2. The van der Waals surface area contributed by atoms with Gasteiger partial charge in [0.1, 0.15) is 5.52 Å². The van der Waals surface area contributed by atoms with Crippen molar-refractivity contribution in [2.45, 2.75) is 32.9 Å². The van der Waals surface area contributed by atoms with E-state index in [1.165, 1.54) is 5.56 Å². The number of nitrogens with zero attached hydrogens (tertiary/aromatic N) is 6. The van der Waals surface area contributed by atoms with Crippen LogP contribution in [0.5, 0.6) is 0 Å². The molecular weight excluding hydrogens is 450 g/mol. The highest BCUT2D eigenvalue weighted by molar-refractivity contribution is 5.74. The molecule has 5 aromatic rings. The van der Waals surface area contributed by atoms with Gasteiger partial charge in [0.2, 0.25) is 0 Å². The van der Waals surface area contributed by atoms with Crippen molar-refractivity contribution in [1.82, 2.24) is 34.2 Å². The standard InChI is InChI=1S/C28H31N7O/c1-19(2)23-7-5-6-8-24(23)26-29-16-25-27(32-26)35(28(36)31-25)17-20-9-11-21(12-10-20)22-15-30-34(18-22)14-13-33(3)4/h5-12,15-16,18-19H,13-14,17H2,1-4H3,(H,31,36). The summed E-state index contributed by atoms with van der Waals surface area (Å²) in [5, 5.41) is 4.47. The normalized spacial score (nSPS) is 11.7. The minimum atomic E-state index is -0.195. The van der Waals surface area contributed by atoms with Gasteiger partial charge in [-0.3, -0.25) is 9.25 Å². The number of aromatic amines is 1. The van der Waals surface area contributed by atoms with Gasteiger partial charge in [-0.25, -0.2) is 14.8 Å². The fourth-order valence-electron chi connectivity index (χ4n) is 4.35. The van der Waals surface area contributed by atoms with Crippen LogP contribution in [0.2, 0.25) is 0 Å². The van der Waals surface area contributed by atoms with E-state index in [9.17, 15) is 4.79 Å². The summed E-state index contributed by atoms with van der Waals surface area (Å²) in [6.07, 6.45) is 5.65. The zero-order chi connectivity index (χ0) is 25.2. The van der Waals surface area contributed by atoms with Crippen LogP contribution in [0, 0.1) is 0 Å². The number of likely N-dealkylation sites (N-methyl/N-ethyl adjacent to an activating group) is 1. The summed E-state index contributed by atoms with van der Waals surface area (Å²) in [4.78, 5) is 27.2. The lowest BCUT2D eigenvalue weighted by molar-refractivity contribution is 0.373. The first-order chi connectivity index (χ1) is 17.4. The van der Waals surface area contributed by atoms with Crippen molar-refractivity contribution in [3.63, 3.8) is 0 Å². The fraction of sp³-hybridized carbons (Fsp3) is 0.286. The van der Waals surface area contributed by atoms with Gasteiger partial charge in [-0.1, -0.05) is 62.4 Å². The fourth-order valence-corrected chi connectivity index (χ4v) is 4.35. The Morgan fingerprint density at radius 1 is 1.00 bits per heavy atom. The van der Waals surface area contributed by atoms with E-state index in [4.69, 9.17) is 4.98 Å². The molecule has 0 aliphatic carbocycles. The first-order valence-corrected chi connectivity index (χ1v) is 12.2. The second-order valence-electron chi connectivity index (χ2n) is 9.68. The van der Waals surface area contributed by atoms with Crippen molar-refractivity contribution in [2.75, 3.05) is 20.6 Å². The highest BCUT2D eigenvalue weighted by Crippen LogP contribution is 2.27. The molecule has 0 saturated carbocycles. The van der Waals surface area contributed by atoms with E-state index in [-0.39, 0.29) is 5.69 Å². The summed E-state index contributed by atoms with van der Waals surface area (Å²) in [5.74, 6) is 0.966. The molecule has 184 valence electrons. The van der Waals surface area contributed by atoms with Crippen LogP contribution >= 0.6 is 0 Å². The molecule has 2 aromatic carbocycles. The van der Waals surface area contributed by atoms with Crippen LogP contribution in [0.15, 0.2) is 71.9 Å². The molecule has 0 bridgehead atoms. The summed E-state index contributed by atoms with van der Waals surface area (Å²) < 4.78 is 3.64. The molecule has 0 unspecified atom stereocenters. The molecule has 0 radical (unpaired) electrons. The zero-order valence-corrected chi connectivity index (χ0v) is 21.1. The molecular formula is C28H31N7O. The lowest BCUT2D eigenvalue weighted by atomic mass is 9.97. The van der Waals surface area contributed by atoms with E-state index in [0.717, 1.165) is 35.3 Å². The van der Waals surface area contributed by atoms with E-state index >= 15 is 0 Å². The molecule has 0 fully saturated rings. The third-order valence-electron chi connectivity index (χ3n) is 6.37. The van der Waals surface area contributed by atoms with Crippen molar-refractivity contribution < 1.29 is 0 Å². The summed E-state index contributed by atoms with van der Waals surface area (Å²) in [6.45, 7) is 6.52. The minimum Gasteiger partial charge on any atom is -0.308 e. The highest BCUT2D eigenvalue weighted by Gasteiger charge is 2.15. The second kappa shape index (κ2) is 9.91. The Labute approximate surface area is 210 Å². The van der Waals surface area contributed by atoms with E-state index in [0.29, 0.717) is 29.5 Å². The monoisotopic (exact) mass is 481 g/mol. The average Bonchev–Trinajstić information content (AvgIpc) is 3.47. The van der Waals surface area contributed by atoms with Crippen molar-refractivity contribution >= 4 is 11.2 Å². The maximum Gasteiger partial charge on any atom is 0.328 e. The number of hydrogen-bond donors (Lipinski definition) is 1. The Bertz CT molecular complexity index is 1540. The van der Waals surface area contributed by atoms with Gasteiger partial charge in [0.15, 0.2) is 11.5 Å². The molecule has 5 rings (SSSR count). The molecule has 0 aliphatic rings. The number of benzene rings is 2. The Morgan fingerprint density at radius 2 is 1.78 bits per heavy atom. The average molecular weight is 482 g/mol. The van der Waals surface area contributed by atoms with Gasteiger partial charge in [0.05, 0.1) is 25.5 Å². The van der Waals surface area contributed by atoms with Crippen LogP contribution in [0.4, 0.5) is 0 Å². The largest absolute Gasteiger partial charge is 0.328 e. The van der Waals surface area contributed by atoms with Gasteiger partial charge in [-0.15, -0.1) is 0 Å². The Balaban J connectivity index is 1.41. The number of nitrogens with one attached hydrogen (secondary N) is 1. The summed E-state index contributed by atoms with van der Waals surface area (Å²) >= 11 is 0. The second-order valence-corrected chi connectivity index (χ2v) is 9.68. The first kappa shape index (κ1) is 23.7. The van der Waals surface area contributed by atoms with E-state index in [1.54, 1.807) is 10.8 Å². The summed E-state index contributed by atoms with van der Waals surface area (Å²) in [6, 6.07) is 16.4. The lowest BCUT2D eigenvalue weighted by Gasteiger charge is -2.11. The van der Waals surface area contributed by atoms with Crippen LogP contribution < -0.4 is 5.69 Å². The molecule has 8 heteroatoms. The maximum absolute atomic E-state index is 12.8. The predicted molar refractivity (Wildman–Crippen MR) is 143 cm³/mol. The molecule has 0 spiro atoms. The van der Waals surface area contributed by atoms with Gasteiger partial charge in [0, 0.05) is 23.9 Å². The molecule has 1 N–H and O–H groups in total. The molecule has 8 nitrogen and oxygen atoms in total. The lowest BCUT2D eigenvalue weighted by Crippen LogP contribution is -2.18. The van der Waals surface area contributed by atoms with Crippen molar-refractivity contribution in [1.29, 1.82) is 0 Å². The molecule has 0 amide bonds. The molecule has 3 aromatic heterocycles. The predicted octanol–water partition coefficient (Wildman–Crippen LogP) is 4.38. The smallest absolute Gasteiger partial charge is 0.308 e. The van der Waals surface area contributed by atoms with E-state index in [2.05, 4.69) is 72.3 Å². The maximum atomic E-state index is 12.8. The van der Waals surface area contributed by atoms with Crippen molar-refractivity contribution in [2.24, 2.45) is 0 Å². The Kier molecular flexibility index (Phi) is 6.52. The van der Waals surface area contributed by atoms with Crippen LogP contribution in [-0.4, -0.2) is 54.8 Å². The number of H-pyrrole nitrogens is 1. The highest BCUT2D eigenvalue weighted by atomic mass is 16.1. The van der Waals surface area contributed by atoms with Gasteiger partial charge in [-0.05, 0) is 36.7 Å². The molecule has 0 atom stereocenters. The number of aromatic nitrogens is 6. The summed E-state index contributed by atoms with van der Waals surface area (Å²) in [5.41, 5.74) is 6.40.